The van der Waals surface area contributed by atoms with Crippen molar-refractivity contribution in [3.05, 3.63) is 60.2 Å². The Hall–Kier alpha value is -2.89. The fourth-order valence-electron chi connectivity index (χ4n) is 1.86. The van der Waals surface area contributed by atoms with Crippen LogP contribution in [0.3, 0.4) is 0 Å². The van der Waals surface area contributed by atoms with Crippen LogP contribution >= 0.6 is 0 Å². The second kappa shape index (κ2) is 4.65. The van der Waals surface area contributed by atoms with Crippen LogP contribution in [0.1, 0.15) is 10.4 Å². The highest BCUT2D eigenvalue weighted by atomic mass is 19.1. The number of imidazole rings is 1. The predicted molar refractivity (Wildman–Crippen MR) is 68.6 cm³/mol. The van der Waals surface area contributed by atoms with E-state index in [9.17, 15) is 9.18 Å². The highest BCUT2D eigenvalue weighted by molar-refractivity contribution is 5.88. The summed E-state index contributed by atoms with van der Waals surface area (Å²) < 4.78 is 20.8. The number of rotatable bonds is 3. The van der Waals surface area contributed by atoms with E-state index in [-0.39, 0.29) is 5.75 Å². The first-order valence-electron chi connectivity index (χ1n) is 5.78. The lowest BCUT2D eigenvalue weighted by Gasteiger charge is -2.08. The number of pyridine rings is 1. The SMILES string of the molecule is O=C(O)c1ccc(Oc2cccc3nccn23)cc1F. The van der Waals surface area contributed by atoms with Gasteiger partial charge in [-0.2, -0.15) is 0 Å². The molecule has 2 aromatic heterocycles. The van der Waals surface area contributed by atoms with Crippen molar-refractivity contribution >= 4 is 11.6 Å². The van der Waals surface area contributed by atoms with E-state index >= 15 is 0 Å². The van der Waals surface area contributed by atoms with Crippen LogP contribution in [0, 0.1) is 5.82 Å². The summed E-state index contributed by atoms with van der Waals surface area (Å²) in [6, 6.07) is 8.89. The van der Waals surface area contributed by atoms with Gasteiger partial charge in [-0.3, -0.25) is 4.40 Å². The second-order valence-electron chi connectivity index (χ2n) is 4.07. The summed E-state index contributed by atoms with van der Waals surface area (Å²) in [6.45, 7) is 0. The smallest absolute Gasteiger partial charge is 0.338 e. The highest BCUT2D eigenvalue weighted by Gasteiger charge is 2.12. The van der Waals surface area contributed by atoms with Gasteiger partial charge in [0.1, 0.15) is 17.2 Å². The fraction of sp³-hybridized carbons (Fsp3) is 0. The van der Waals surface area contributed by atoms with E-state index in [0.717, 1.165) is 6.07 Å². The minimum absolute atomic E-state index is 0.216. The van der Waals surface area contributed by atoms with E-state index in [1.807, 2.05) is 0 Å². The zero-order chi connectivity index (χ0) is 14.1. The molecule has 0 spiro atoms. The van der Waals surface area contributed by atoms with Crippen LogP contribution in [0.2, 0.25) is 0 Å². The maximum absolute atomic E-state index is 13.6. The van der Waals surface area contributed by atoms with Gasteiger partial charge in [0.15, 0.2) is 0 Å². The molecule has 0 fully saturated rings. The third kappa shape index (κ3) is 2.07. The third-order valence-corrected chi connectivity index (χ3v) is 2.78. The third-order valence-electron chi connectivity index (χ3n) is 2.78. The van der Waals surface area contributed by atoms with Crippen LogP contribution in [0.25, 0.3) is 5.65 Å². The van der Waals surface area contributed by atoms with Gasteiger partial charge in [0.2, 0.25) is 5.88 Å². The average molecular weight is 272 g/mol. The molecule has 0 bridgehead atoms. The predicted octanol–water partition coefficient (Wildman–Crippen LogP) is 2.96. The molecule has 6 heteroatoms. The first-order chi connectivity index (χ1) is 9.65. The number of ether oxygens (including phenoxy) is 1. The summed E-state index contributed by atoms with van der Waals surface area (Å²) in [6.07, 6.45) is 3.34. The van der Waals surface area contributed by atoms with Gasteiger partial charge < -0.3 is 9.84 Å². The van der Waals surface area contributed by atoms with Crippen molar-refractivity contribution in [2.24, 2.45) is 0 Å². The molecule has 0 saturated heterocycles. The molecule has 0 aliphatic rings. The highest BCUT2D eigenvalue weighted by Crippen LogP contribution is 2.24. The summed E-state index contributed by atoms with van der Waals surface area (Å²) in [7, 11) is 0. The average Bonchev–Trinajstić information content (AvgIpc) is 2.87. The van der Waals surface area contributed by atoms with Crippen molar-refractivity contribution < 1.29 is 19.0 Å². The number of carboxylic acid groups (broad SMARTS) is 1. The van der Waals surface area contributed by atoms with E-state index in [1.165, 1.54) is 12.1 Å². The molecule has 1 aromatic carbocycles. The number of benzene rings is 1. The molecular weight excluding hydrogens is 263 g/mol. The molecule has 0 amide bonds. The zero-order valence-corrected chi connectivity index (χ0v) is 10.2. The zero-order valence-electron chi connectivity index (χ0n) is 10.2. The quantitative estimate of drug-likeness (QED) is 0.796. The number of carbonyl (C=O) groups is 1. The molecule has 3 aromatic rings. The molecule has 0 atom stereocenters. The topological polar surface area (TPSA) is 63.8 Å². The van der Waals surface area contributed by atoms with E-state index in [1.54, 1.807) is 35.0 Å². The Bertz CT molecular complexity index is 798. The van der Waals surface area contributed by atoms with Gasteiger partial charge in [-0.15, -0.1) is 0 Å². The number of carboxylic acids is 1. The minimum atomic E-state index is -1.31. The van der Waals surface area contributed by atoms with E-state index in [2.05, 4.69) is 4.98 Å². The molecular formula is C14H9FN2O3. The Kier molecular flexibility index (Phi) is 2.83. The van der Waals surface area contributed by atoms with Crippen LogP contribution in [-0.4, -0.2) is 20.5 Å². The molecule has 3 rings (SSSR count). The molecule has 0 radical (unpaired) electrons. The molecule has 5 nitrogen and oxygen atoms in total. The largest absolute Gasteiger partial charge is 0.478 e. The number of halogens is 1. The first-order valence-corrected chi connectivity index (χ1v) is 5.78. The van der Waals surface area contributed by atoms with E-state index in [4.69, 9.17) is 9.84 Å². The normalized spacial score (nSPS) is 10.7. The molecule has 0 aliphatic carbocycles. The number of hydrogen-bond acceptors (Lipinski definition) is 3. The Labute approximate surface area is 112 Å². The van der Waals surface area contributed by atoms with Crippen molar-refractivity contribution in [2.45, 2.75) is 0 Å². The lowest BCUT2D eigenvalue weighted by Crippen LogP contribution is -2.00. The maximum Gasteiger partial charge on any atom is 0.338 e. The van der Waals surface area contributed by atoms with Crippen molar-refractivity contribution in [1.29, 1.82) is 0 Å². The maximum atomic E-state index is 13.6. The number of fused-ring (bicyclic) bond motifs is 1. The van der Waals surface area contributed by atoms with Crippen LogP contribution < -0.4 is 4.74 Å². The summed E-state index contributed by atoms with van der Waals surface area (Å²) >= 11 is 0. The Morgan fingerprint density at radius 1 is 1.30 bits per heavy atom. The molecule has 0 unspecified atom stereocenters. The summed E-state index contributed by atoms with van der Waals surface area (Å²) in [5.74, 6) is -1.48. The van der Waals surface area contributed by atoms with Crippen molar-refractivity contribution in [1.82, 2.24) is 9.38 Å². The number of nitrogens with zero attached hydrogens (tertiary/aromatic N) is 2. The van der Waals surface area contributed by atoms with Crippen LogP contribution in [0.5, 0.6) is 11.6 Å². The van der Waals surface area contributed by atoms with Crippen molar-refractivity contribution in [3.63, 3.8) is 0 Å². The summed E-state index contributed by atoms with van der Waals surface area (Å²) in [5.41, 5.74) is 0.309. The van der Waals surface area contributed by atoms with Crippen LogP contribution in [0.15, 0.2) is 48.8 Å². The van der Waals surface area contributed by atoms with Crippen molar-refractivity contribution in [2.75, 3.05) is 0 Å². The number of aromatic nitrogens is 2. The standard InChI is InChI=1S/C14H9FN2O3/c15-11-8-9(4-5-10(11)14(18)19)20-13-3-1-2-12-16-6-7-17(12)13/h1-8H,(H,18,19). The van der Waals surface area contributed by atoms with Gasteiger partial charge in [-0.1, -0.05) is 6.07 Å². The lowest BCUT2D eigenvalue weighted by atomic mass is 10.2. The van der Waals surface area contributed by atoms with Crippen molar-refractivity contribution in [3.8, 4) is 11.6 Å². The van der Waals surface area contributed by atoms with E-state index < -0.39 is 17.3 Å². The van der Waals surface area contributed by atoms with Crippen LogP contribution in [0.4, 0.5) is 4.39 Å². The van der Waals surface area contributed by atoms with Crippen LogP contribution in [-0.2, 0) is 0 Å². The molecule has 100 valence electrons. The van der Waals surface area contributed by atoms with Gasteiger partial charge >= 0.3 is 5.97 Å². The molecule has 2 heterocycles. The monoisotopic (exact) mass is 272 g/mol. The molecule has 1 N–H and O–H groups in total. The number of aromatic carboxylic acids is 1. The van der Waals surface area contributed by atoms with Gasteiger partial charge in [-0.25, -0.2) is 14.2 Å². The van der Waals surface area contributed by atoms with Gasteiger partial charge in [0.25, 0.3) is 0 Å². The fourth-order valence-corrected chi connectivity index (χ4v) is 1.86. The number of hydrogen-bond donors (Lipinski definition) is 1. The van der Waals surface area contributed by atoms with Gasteiger partial charge in [0.05, 0.1) is 5.56 Å². The Balaban J connectivity index is 1.97. The van der Waals surface area contributed by atoms with Gasteiger partial charge in [-0.05, 0) is 24.3 Å². The Morgan fingerprint density at radius 2 is 2.15 bits per heavy atom. The van der Waals surface area contributed by atoms with E-state index in [0.29, 0.717) is 11.5 Å². The molecule has 0 saturated carbocycles. The first kappa shape index (κ1) is 12.2. The molecule has 0 aliphatic heterocycles. The second-order valence-corrected chi connectivity index (χ2v) is 4.07. The molecule has 20 heavy (non-hydrogen) atoms. The summed E-state index contributed by atoms with van der Waals surface area (Å²) in [4.78, 5) is 14.8. The minimum Gasteiger partial charge on any atom is -0.478 e. The lowest BCUT2D eigenvalue weighted by molar-refractivity contribution is 0.0692. The Morgan fingerprint density at radius 3 is 2.90 bits per heavy atom. The van der Waals surface area contributed by atoms with Gasteiger partial charge in [0, 0.05) is 18.5 Å². The summed E-state index contributed by atoms with van der Waals surface area (Å²) in [5, 5.41) is 8.77.